The number of sulfonamides is 1. The summed E-state index contributed by atoms with van der Waals surface area (Å²) in [7, 11) is -3.77. The average Bonchev–Trinajstić information content (AvgIpc) is 3.60. The molecular weight excluding hydrogens is 620 g/mol. The Labute approximate surface area is 266 Å². The van der Waals surface area contributed by atoms with Gasteiger partial charge in [-0.15, -0.1) is 0 Å². The summed E-state index contributed by atoms with van der Waals surface area (Å²) in [4.78, 5) is 22.4. The summed E-state index contributed by atoms with van der Waals surface area (Å²) in [5.74, 6) is -2.97. The molecule has 248 valence electrons. The lowest BCUT2D eigenvalue weighted by Gasteiger charge is -2.35. The van der Waals surface area contributed by atoms with E-state index in [0.29, 0.717) is 45.8 Å². The fourth-order valence-corrected chi connectivity index (χ4v) is 7.07. The van der Waals surface area contributed by atoms with Crippen molar-refractivity contribution in [3.05, 3.63) is 48.3 Å². The van der Waals surface area contributed by atoms with Gasteiger partial charge in [-0.05, 0) is 61.4 Å². The molecule has 12 nitrogen and oxygen atoms in total. The number of rotatable bonds is 11. The third-order valence-electron chi connectivity index (χ3n) is 9.18. The summed E-state index contributed by atoms with van der Waals surface area (Å²) in [5.41, 5.74) is 2.96. The first-order valence-electron chi connectivity index (χ1n) is 15.6. The van der Waals surface area contributed by atoms with Gasteiger partial charge in [0.05, 0.1) is 48.6 Å². The van der Waals surface area contributed by atoms with Crippen LogP contribution in [0.4, 0.5) is 31.8 Å². The SMILES string of the molecule is O=C(Nc1ccc(-c2cnn(CCO)c2)c(N2CCC(F)(F)CC2)n1)c1ccc(NS(=O)(=O)CCO)cc1N1CCC2(CC1)CC2. The molecule has 3 aliphatic rings. The molecule has 2 aromatic heterocycles. The lowest BCUT2D eigenvalue weighted by molar-refractivity contribution is -0.0221. The van der Waals surface area contributed by atoms with Crippen LogP contribution in [0.3, 0.4) is 0 Å². The summed E-state index contributed by atoms with van der Waals surface area (Å²) in [6.45, 7) is 1.33. The zero-order chi connectivity index (χ0) is 32.5. The highest BCUT2D eigenvalue weighted by atomic mass is 32.2. The summed E-state index contributed by atoms with van der Waals surface area (Å²) in [5, 5.41) is 25.6. The van der Waals surface area contributed by atoms with Gasteiger partial charge in [-0.2, -0.15) is 5.10 Å². The monoisotopic (exact) mass is 659 g/mol. The molecule has 6 rings (SSSR count). The van der Waals surface area contributed by atoms with Crippen molar-refractivity contribution in [1.82, 2.24) is 14.8 Å². The molecule has 0 radical (unpaired) electrons. The molecule has 1 spiro atoms. The zero-order valence-electron chi connectivity index (χ0n) is 25.5. The fourth-order valence-electron chi connectivity index (χ4n) is 6.24. The molecule has 0 unspecified atom stereocenters. The number of aromatic nitrogens is 3. The maximum Gasteiger partial charge on any atom is 0.258 e. The largest absolute Gasteiger partial charge is 0.395 e. The predicted octanol–water partition coefficient (Wildman–Crippen LogP) is 3.54. The number of amides is 1. The molecule has 3 aromatic rings. The van der Waals surface area contributed by atoms with Crippen molar-refractivity contribution in [3.8, 4) is 11.1 Å². The van der Waals surface area contributed by atoms with Gasteiger partial charge in [0.15, 0.2) is 0 Å². The van der Waals surface area contributed by atoms with Crippen molar-refractivity contribution in [2.45, 2.75) is 51.0 Å². The summed E-state index contributed by atoms with van der Waals surface area (Å²) < 4.78 is 56.9. The van der Waals surface area contributed by atoms with Crippen molar-refractivity contribution in [2.24, 2.45) is 5.41 Å². The topological polar surface area (TPSA) is 153 Å². The molecule has 4 N–H and O–H groups in total. The fraction of sp³-hybridized carbons (Fsp3) is 0.516. The minimum absolute atomic E-state index is 0.0867. The van der Waals surface area contributed by atoms with E-state index in [1.54, 1.807) is 46.2 Å². The van der Waals surface area contributed by atoms with E-state index in [2.05, 4.69) is 20.0 Å². The molecule has 2 aliphatic heterocycles. The van der Waals surface area contributed by atoms with E-state index in [4.69, 9.17) is 10.1 Å². The molecule has 0 atom stereocenters. The Morgan fingerprint density at radius 1 is 0.935 bits per heavy atom. The van der Waals surface area contributed by atoms with Crippen LogP contribution in [0.5, 0.6) is 0 Å². The van der Waals surface area contributed by atoms with Crippen molar-refractivity contribution in [2.75, 3.05) is 65.0 Å². The number of halogens is 2. The van der Waals surface area contributed by atoms with Crippen LogP contribution in [0.15, 0.2) is 42.7 Å². The van der Waals surface area contributed by atoms with Gasteiger partial charge < -0.3 is 25.3 Å². The van der Waals surface area contributed by atoms with Crippen LogP contribution in [0.2, 0.25) is 0 Å². The molecule has 46 heavy (non-hydrogen) atoms. The van der Waals surface area contributed by atoms with E-state index >= 15 is 0 Å². The number of carbonyl (C=O) groups is 1. The number of nitrogens with one attached hydrogen (secondary N) is 2. The van der Waals surface area contributed by atoms with Gasteiger partial charge in [0, 0.05) is 56.3 Å². The summed E-state index contributed by atoms with van der Waals surface area (Å²) in [6, 6.07) is 8.15. The highest BCUT2D eigenvalue weighted by Crippen LogP contribution is 2.54. The summed E-state index contributed by atoms with van der Waals surface area (Å²) >= 11 is 0. The van der Waals surface area contributed by atoms with Gasteiger partial charge in [0.1, 0.15) is 11.6 Å². The number of hydrogen-bond acceptors (Lipinski definition) is 9. The second-order valence-electron chi connectivity index (χ2n) is 12.4. The van der Waals surface area contributed by atoms with Crippen LogP contribution >= 0.6 is 0 Å². The lowest BCUT2D eigenvalue weighted by Crippen LogP contribution is -2.40. The van der Waals surface area contributed by atoms with Crippen LogP contribution in [0.1, 0.15) is 48.9 Å². The number of piperidine rings is 2. The Hall–Kier alpha value is -3.82. The van der Waals surface area contributed by atoms with Gasteiger partial charge in [-0.1, -0.05) is 0 Å². The number of hydrogen-bond donors (Lipinski definition) is 4. The Morgan fingerprint density at radius 2 is 1.65 bits per heavy atom. The maximum absolute atomic E-state index is 14.0. The summed E-state index contributed by atoms with van der Waals surface area (Å²) in [6.07, 6.45) is 7.13. The van der Waals surface area contributed by atoms with E-state index in [0.717, 1.165) is 25.9 Å². The van der Waals surface area contributed by atoms with Gasteiger partial charge >= 0.3 is 0 Å². The van der Waals surface area contributed by atoms with Gasteiger partial charge in [-0.3, -0.25) is 14.2 Å². The highest BCUT2D eigenvalue weighted by molar-refractivity contribution is 7.92. The van der Waals surface area contributed by atoms with Crippen LogP contribution in [-0.2, 0) is 16.6 Å². The van der Waals surface area contributed by atoms with Crippen molar-refractivity contribution < 1.29 is 32.2 Å². The number of nitrogens with zero attached hydrogens (tertiary/aromatic N) is 5. The minimum atomic E-state index is -3.77. The zero-order valence-corrected chi connectivity index (χ0v) is 26.3. The van der Waals surface area contributed by atoms with E-state index in [-0.39, 0.29) is 38.4 Å². The minimum Gasteiger partial charge on any atom is -0.395 e. The standard InChI is InChI=1S/C31H39F2N7O5S/c32-31(33)9-13-39(14-10-31)28-24(22-20-34-40(21-22)15-16-41)3-4-27(35-28)36-29(43)25-2-1-23(37-46(44,45)18-17-42)19-26(25)38-11-7-30(5-6-30)8-12-38/h1-4,19-21,37,41-42H,5-18H2,(H,35,36,43). The van der Waals surface area contributed by atoms with E-state index in [1.807, 2.05) is 0 Å². The van der Waals surface area contributed by atoms with Gasteiger partial charge in [0.2, 0.25) is 10.0 Å². The molecule has 2 saturated heterocycles. The molecule has 15 heteroatoms. The molecule has 1 amide bonds. The van der Waals surface area contributed by atoms with Crippen molar-refractivity contribution >= 4 is 38.9 Å². The van der Waals surface area contributed by atoms with Gasteiger partial charge in [0.25, 0.3) is 11.8 Å². The second kappa shape index (κ2) is 12.8. The molecule has 3 fully saturated rings. The molecule has 1 aromatic carbocycles. The number of pyridine rings is 1. The lowest BCUT2D eigenvalue weighted by atomic mass is 9.93. The Balaban J connectivity index is 1.29. The number of benzene rings is 1. The number of carbonyl (C=O) groups excluding carboxylic acids is 1. The van der Waals surface area contributed by atoms with Crippen LogP contribution in [-0.4, -0.2) is 90.4 Å². The van der Waals surface area contributed by atoms with E-state index < -0.39 is 34.2 Å². The predicted molar refractivity (Wildman–Crippen MR) is 171 cm³/mol. The second-order valence-corrected chi connectivity index (χ2v) is 14.3. The first-order chi connectivity index (χ1) is 22.0. The Kier molecular flexibility index (Phi) is 8.91. The average molecular weight is 660 g/mol. The van der Waals surface area contributed by atoms with Gasteiger partial charge in [-0.25, -0.2) is 22.2 Å². The number of alkyl halides is 2. The molecular formula is C31H39F2N7O5S. The number of aliphatic hydroxyl groups excluding tert-OH is 2. The van der Waals surface area contributed by atoms with Crippen LogP contribution in [0.25, 0.3) is 11.1 Å². The highest BCUT2D eigenvalue weighted by Gasteiger charge is 2.44. The smallest absolute Gasteiger partial charge is 0.258 e. The van der Waals surface area contributed by atoms with E-state index in [1.165, 1.54) is 18.9 Å². The third-order valence-corrected chi connectivity index (χ3v) is 10.4. The third kappa shape index (κ3) is 7.26. The molecule has 0 bridgehead atoms. The Bertz CT molecular complexity index is 1680. The van der Waals surface area contributed by atoms with Crippen LogP contribution in [0, 0.1) is 5.41 Å². The number of aliphatic hydroxyl groups is 2. The molecule has 1 saturated carbocycles. The van der Waals surface area contributed by atoms with Crippen LogP contribution < -0.4 is 19.8 Å². The Morgan fingerprint density at radius 3 is 2.33 bits per heavy atom. The van der Waals surface area contributed by atoms with Crippen molar-refractivity contribution in [1.29, 1.82) is 0 Å². The van der Waals surface area contributed by atoms with E-state index in [9.17, 15) is 27.1 Å². The first-order valence-corrected chi connectivity index (χ1v) is 17.2. The quantitative estimate of drug-likeness (QED) is 0.242. The number of anilines is 4. The first kappa shape index (κ1) is 32.1. The molecule has 4 heterocycles. The van der Waals surface area contributed by atoms with Crippen molar-refractivity contribution in [3.63, 3.8) is 0 Å². The maximum atomic E-state index is 14.0. The normalized spacial score (nSPS) is 18.9. The molecule has 1 aliphatic carbocycles.